The Morgan fingerprint density at radius 2 is 0.496 bits per heavy atom. The first-order chi connectivity index (χ1) is 56.1. The van der Waals surface area contributed by atoms with E-state index in [9.17, 15) is 0 Å². The van der Waals surface area contributed by atoms with Gasteiger partial charge in [0, 0.05) is 34.0 Å². The van der Waals surface area contributed by atoms with Gasteiger partial charge in [-0.2, -0.15) is 0 Å². The summed E-state index contributed by atoms with van der Waals surface area (Å²) in [7, 11) is 0. The van der Waals surface area contributed by atoms with Crippen LogP contribution in [-0.4, -0.2) is 14.5 Å². The molecule has 0 saturated heterocycles. The molecular weight excluding hydrogens is 1360 g/mol. The number of benzene rings is 19. The molecule has 21 rings (SSSR count). The Morgan fingerprint density at radius 3 is 0.965 bits per heavy atom. The van der Waals surface area contributed by atoms with Crippen molar-refractivity contribution in [2.24, 2.45) is 0 Å². The van der Waals surface area contributed by atoms with E-state index in [2.05, 4.69) is 435 Å². The van der Waals surface area contributed by atoms with Gasteiger partial charge in [-0.15, -0.1) is 0 Å². The van der Waals surface area contributed by atoms with E-state index in [-0.39, 0.29) is 0 Å². The highest BCUT2D eigenvalue weighted by Crippen LogP contribution is 2.51. The van der Waals surface area contributed by atoms with E-state index in [1.807, 2.05) is 0 Å². The highest BCUT2D eigenvalue weighted by Gasteiger charge is 2.25. The summed E-state index contributed by atoms with van der Waals surface area (Å²) < 4.78 is 2.29. The molecule has 0 amide bonds. The van der Waals surface area contributed by atoms with E-state index >= 15 is 0 Å². The van der Waals surface area contributed by atoms with Crippen molar-refractivity contribution in [2.75, 3.05) is 0 Å². The van der Waals surface area contributed by atoms with Crippen LogP contribution in [0.5, 0.6) is 0 Å². The average molecular weight is 1430 g/mol. The monoisotopic (exact) mass is 1430 g/mol. The molecule has 0 spiro atoms. The minimum Gasteiger partial charge on any atom is -0.292 e. The zero-order valence-electron chi connectivity index (χ0n) is 61.8. The highest BCUT2D eigenvalue weighted by molar-refractivity contribution is 6.24. The van der Waals surface area contributed by atoms with E-state index in [0.717, 1.165) is 111 Å². The van der Waals surface area contributed by atoms with Crippen LogP contribution in [0.4, 0.5) is 0 Å². The average Bonchev–Trinajstić information content (AvgIpc) is 1.50. The number of aromatic nitrogens is 3. The van der Waals surface area contributed by atoms with Crippen molar-refractivity contribution in [3.05, 3.63) is 431 Å². The van der Waals surface area contributed by atoms with Crippen molar-refractivity contribution in [3.8, 4) is 151 Å². The van der Waals surface area contributed by atoms with Crippen LogP contribution in [0.2, 0.25) is 0 Å². The standard InChI is InChI=1S/C110H71N3/c1-5-32-72(33-6-1)87-59-30-60-88(73-34-7-2-8-35-73)103(87)77-40-26-42-79(67-77)106-95-53-17-15-51-93(95)105(94-52-16-18-54-96(94)106)76-39-25-38-75(66-76)90-62-29-45-82-70-84(71-111-109(82)90)86-49-13-14-50-91(86)92-63-31-61-89(74-36-9-3-10-37-74)104(92)78-41-27-43-80(68-78)107-97-55-19-21-57-99(97)108(100-58-22-20-56-98(100)107)81-44-28-46-83(69-81)110-112-101-64-23-24-65-102(101)113(110)85-47-11-4-12-48-85/h1-71H. The van der Waals surface area contributed by atoms with Crippen LogP contribution in [0.1, 0.15) is 0 Å². The molecule has 0 aliphatic rings. The van der Waals surface area contributed by atoms with E-state index in [1.165, 1.54) is 104 Å². The molecule has 0 N–H and O–H groups in total. The van der Waals surface area contributed by atoms with E-state index in [1.54, 1.807) is 0 Å². The number of nitrogens with zero attached hydrogens (tertiary/aromatic N) is 3. The molecule has 0 aliphatic heterocycles. The fourth-order valence-corrected chi connectivity index (χ4v) is 17.9. The van der Waals surface area contributed by atoms with Crippen molar-refractivity contribution in [1.82, 2.24) is 14.5 Å². The van der Waals surface area contributed by atoms with Gasteiger partial charge in [-0.05, 0) is 220 Å². The molecule has 3 heteroatoms. The molecular formula is C110H71N3. The Balaban J connectivity index is 0.654. The van der Waals surface area contributed by atoms with E-state index < -0.39 is 0 Å². The lowest BCUT2D eigenvalue weighted by Gasteiger charge is -2.21. The summed E-state index contributed by atoms with van der Waals surface area (Å²) in [4.78, 5) is 10.8. The molecule has 0 bridgehead atoms. The predicted molar refractivity (Wildman–Crippen MR) is 477 cm³/mol. The Labute approximate surface area is 656 Å². The molecule has 2 heterocycles. The van der Waals surface area contributed by atoms with E-state index in [0.29, 0.717) is 0 Å². The third-order valence-electron chi connectivity index (χ3n) is 22.8. The zero-order valence-corrected chi connectivity index (χ0v) is 61.8. The molecule has 0 unspecified atom stereocenters. The third-order valence-corrected chi connectivity index (χ3v) is 22.8. The van der Waals surface area contributed by atoms with Crippen LogP contribution in [0.3, 0.4) is 0 Å². The second-order valence-electron chi connectivity index (χ2n) is 29.3. The summed E-state index contributed by atoms with van der Waals surface area (Å²) in [6.45, 7) is 0. The lowest BCUT2D eigenvalue weighted by molar-refractivity contribution is 1.10. The summed E-state index contributed by atoms with van der Waals surface area (Å²) >= 11 is 0. The van der Waals surface area contributed by atoms with Gasteiger partial charge in [-0.1, -0.05) is 370 Å². The first-order valence-corrected chi connectivity index (χ1v) is 38.8. The summed E-state index contributed by atoms with van der Waals surface area (Å²) in [5.74, 6) is 0.904. The molecule has 0 atom stereocenters. The summed E-state index contributed by atoms with van der Waals surface area (Å²) in [5.41, 5.74) is 32.9. The predicted octanol–water partition coefficient (Wildman–Crippen LogP) is 29.9. The molecule has 19 aromatic carbocycles. The molecule has 21 aromatic rings. The van der Waals surface area contributed by atoms with Crippen molar-refractivity contribution >= 4 is 65.0 Å². The maximum Gasteiger partial charge on any atom is 0.145 e. The minimum atomic E-state index is 0.904. The van der Waals surface area contributed by atoms with Gasteiger partial charge in [-0.25, -0.2) is 4.98 Å². The fourth-order valence-electron chi connectivity index (χ4n) is 17.9. The SMILES string of the molecule is c1ccc(-c2cccc(-c3ccccc3)c2-c2cccc(-c3c4ccccc4c(-c4cccc(-c5cccc6cc(-c7ccccc7-c7cccc(-c8ccccc8)c7-c7cccc(-c8c9ccccc9c(-c9cccc(-c%10nc%11ccccc%11n%10-c%10ccccc%10)c9)c9ccccc89)c7)cnc56)c4)c4ccccc34)c2)cc1. The van der Waals surface area contributed by atoms with E-state index in [4.69, 9.17) is 9.97 Å². The molecule has 113 heavy (non-hydrogen) atoms. The van der Waals surface area contributed by atoms with Gasteiger partial charge in [0.05, 0.1) is 16.6 Å². The van der Waals surface area contributed by atoms with Crippen LogP contribution in [-0.2, 0) is 0 Å². The van der Waals surface area contributed by atoms with Gasteiger partial charge in [0.15, 0.2) is 0 Å². The van der Waals surface area contributed by atoms with Crippen LogP contribution in [0.25, 0.3) is 216 Å². The summed E-state index contributed by atoms with van der Waals surface area (Å²) in [5, 5.41) is 10.6. The second kappa shape index (κ2) is 28.3. The van der Waals surface area contributed by atoms with Crippen molar-refractivity contribution < 1.29 is 0 Å². The second-order valence-corrected chi connectivity index (χ2v) is 29.3. The zero-order chi connectivity index (χ0) is 74.7. The Kier molecular flexibility index (Phi) is 16.6. The Morgan fingerprint density at radius 1 is 0.186 bits per heavy atom. The Bertz CT molecular complexity index is 7110. The molecule has 3 nitrogen and oxygen atoms in total. The molecule has 0 radical (unpaired) electrons. The fraction of sp³-hybridized carbons (Fsp3) is 0. The van der Waals surface area contributed by atoms with Crippen LogP contribution in [0.15, 0.2) is 431 Å². The lowest BCUT2D eigenvalue weighted by atomic mass is 9.83. The molecule has 0 aliphatic carbocycles. The van der Waals surface area contributed by atoms with Crippen LogP contribution >= 0.6 is 0 Å². The maximum absolute atomic E-state index is 5.49. The molecule has 526 valence electrons. The van der Waals surface area contributed by atoms with Gasteiger partial charge < -0.3 is 0 Å². The number of fused-ring (bicyclic) bond motifs is 6. The van der Waals surface area contributed by atoms with Gasteiger partial charge in [0.25, 0.3) is 0 Å². The topological polar surface area (TPSA) is 30.7 Å². The summed E-state index contributed by atoms with van der Waals surface area (Å²) in [6, 6.07) is 155. The highest BCUT2D eigenvalue weighted by atomic mass is 15.1. The summed E-state index contributed by atoms with van der Waals surface area (Å²) in [6.07, 6.45) is 2.09. The van der Waals surface area contributed by atoms with Crippen molar-refractivity contribution in [3.63, 3.8) is 0 Å². The first kappa shape index (κ1) is 66.3. The normalized spacial score (nSPS) is 11.5. The smallest absolute Gasteiger partial charge is 0.145 e. The van der Waals surface area contributed by atoms with Gasteiger partial charge in [0.2, 0.25) is 0 Å². The third kappa shape index (κ3) is 11.7. The van der Waals surface area contributed by atoms with Crippen LogP contribution in [0, 0.1) is 0 Å². The number of hydrogen-bond acceptors (Lipinski definition) is 2. The van der Waals surface area contributed by atoms with Crippen molar-refractivity contribution in [1.29, 1.82) is 0 Å². The number of pyridine rings is 1. The van der Waals surface area contributed by atoms with Gasteiger partial charge in [-0.3, -0.25) is 9.55 Å². The molecule has 2 aromatic heterocycles. The van der Waals surface area contributed by atoms with Gasteiger partial charge in [0.1, 0.15) is 5.82 Å². The number of para-hydroxylation sites is 4. The number of imidazole rings is 1. The minimum absolute atomic E-state index is 0.904. The number of rotatable bonds is 14. The maximum atomic E-state index is 5.49. The molecule has 0 fully saturated rings. The number of hydrogen-bond donors (Lipinski definition) is 0. The van der Waals surface area contributed by atoms with Crippen molar-refractivity contribution in [2.45, 2.75) is 0 Å². The molecule has 0 saturated carbocycles. The Hall–Kier alpha value is -14.9. The largest absolute Gasteiger partial charge is 0.292 e. The first-order valence-electron chi connectivity index (χ1n) is 38.8. The lowest BCUT2D eigenvalue weighted by Crippen LogP contribution is -1.97. The van der Waals surface area contributed by atoms with Gasteiger partial charge >= 0.3 is 0 Å². The quantitative estimate of drug-likeness (QED) is 0.102. The van der Waals surface area contributed by atoms with Crippen LogP contribution < -0.4 is 0 Å².